The van der Waals surface area contributed by atoms with Crippen LogP contribution in [-0.4, -0.2) is 5.96 Å². The van der Waals surface area contributed by atoms with E-state index in [2.05, 4.69) is 10.3 Å². The monoisotopic (exact) mass is 273 g/mol. The van der Waals surface area contributed by atoms with E-state index in [0.717, 1.165) is 22.5 Å². The van der Waals surface area contributed by atoms with Gasteiger partial charge in [-0.1, -0.05) is 35.9 Å². The number of nitrogens with two attached hydrogens (primary N) is 1. The number of rotatable bonds is 2. The number of hydrogen-bond acceptors (Lipinski definition) is 1. The van der Waals surface area contributed by atoms with E-state index in [1.54, 1.807) is 0 Å². The van der Waals surface area contributed by atoms with Crippen LogP contribution in [0.1, 0.15) is 11.1 Å². The number of nitrogens with one attached hydrogen (secondary N) is 1. The van der Waals surface area contributed by atoms with Crippen LogP contribution < -0.4 is 11.1 Å². The van der Waals surface area contributed by atoms with Crippen LogP contribution in [-0.2, 0) is 0 Å². The first-order valence-electron chi connectivity index (χ1n) is 5.99. The number of guanidine groups is 1. The van der Waals surface area contributed by atoms with Crippen LogP contribution in [0, 0.1) is 13.8 Å². The molecule has 0 fully saturated rings. The predicted molar refractivity (Wildman–Crippen MR) is 82.3 cm³/mol. The summed E-state index contributed by atoms with van der Waals surface area (Å²) in [5, 5.41) is 3.73. The molecule has 0 amide bonds. The van der Waals surface area contributed by atoms with Gasteiger partial charge in [0.15, 0.2) is 5.96 Å². The molecule has 0 unspecified atom stereocenters. The van der Waals surface area contributed by atoms with E-state index in [1.165, 1.54) is 0 Å². The standard InChI is InChI=1S/C15H16ClN3/c1-10-5-3-4-6-13(10)18-15(17)19-14-9-12(16)8-7-11(14)2/h3-9H,1-2H3,(H3,17,18,19). The zero-order chi connectivity index (χ0) is 13.8. The SMILES string of the molecule is Cc1ccccc1N=C(N)Nc1cc(Cl)ccc1C. The molecular formula is C15H16ClN3. The number of nitrogens with zero attached hydrogens (tertiary/aromatic N) is 1. The molecule has 0 saturated heterocycles. The number of hydrogen-bond donors (Lipinski definition) is 2. The van der Waals surface area contributed by atoms with Gasteiger partial charge in [-0.3, -0.25) is 0 Å². The smallest absolute Gasteiger partial charge is 0.198 e. The zero-order valence-electron chi connectivity index (χ0n) is 10.9. The first-order chi connectivity index (χ1) is 9.06. The highest BCUT2D eigenvalue weighted by Gasteiger charge is 2.02. The van der Waals surface area contributed by atoms with Gasteiger partial charge in [-0.15, -0.1) is 0 Å². The van der Waals surface area contributed by atoms with Gasteiger partial charge in [-0.25, -0.2) is 4.99 Å². The molecule has 0 saturated carbocycles. The number of anilines is 1. The van der Waals surface area contributed by atoms with Crippen molar-refractivity contribution in [3.8, 4) is 0 Å². The highest BCUT2D eigenvalue weighted by Crippen LogP contribution is 2.21. The molecule has 0 aliphatic rings. The van der Waals surface area contributed by atoms with Crippen molar-refractivity contribution < 1.29 is 0 Å². The van der Waals surface area contributed by atoms with E-state index in [4.69, 9.17) is 17.3 Å². The first-order valence-corrected chi connectivity index (χ1v) is 6.37. The Balaban J connectivity index is 2.24. The summed E-state index contributed by atoms with van der Waals surface area (Å²) in [6, 6.07) is 13.4. The largest absolute Gasteiger partial charge is 0.369 e. The third-order valence-electron chi connectivity index (χ3n) is 2.82. The van der Waals surface area contributed by atoms with Gasteiger partial charge in [0.2, 0.25) is 0 Å². The maximum absolute atomic E-state index is 5.97. The molecule has 0 atom stereocenters. The number of para-hydroxylation sites is 1. The van der Waals surface area contributed by atoms with Crippen molar-refractivity contribution in [3.63, 3.8) is 0 Å². The fourth-order valence-corrected chi connectivity index (χ4v) is 1.89. The van der Waals surface area contributed by atoms with Crippen molar-refractivity contribution in [3.05, 3.63) is 58.6 Å². The molecule has 0 bridgehead atoms. The molecule has 3 nitrogen and oxygen atoms in total. The molecule has 0 radical (unpaired) electrons. The van der Waals surface area contributed by atoms with Crippen molar-refractivity contribution in [2.75, 3.05) is 5.32 Å². The summed E-state index contributed by atoms with van der Waals surface area (Å²) >= 11 is 5.97. The second kappa shape index (κ2) is 5.76. The lowest BCUT2D eigenvalue weighted by molar-refractivity contribution is 1.36. The Morgan fingerprint density at radius 2 is 1.84 bits per heavy atom. The average Bonchev–Trinajstić information content (AvgIpc) is 2.37. The summed E-state index contributed by atoms with van der Waals surface area (Å²) in [4.78, 5) is 4.36. The van der Waals surface area contributed by atoms with Crippen LogP contribution >= 0.6 is 11.6 Å². The molecular weight excluding hydrogens is 258 g/mol. The quantitative estimate of drug-likeness (QED) is 0.641. The Hall–Kier alpha value is -2.00. The predicted octanol–water partition coefficient (Wildman–Crippen LogP) is 4.02. The summed E-state index contributed by atoms with van der Waals surface area (Å²) in [6.45, 7) is 3.98. The minimum Gasteiger partial charge on any atom is -0.369 e. The van der Waals surface area contributed by atoms with Crippen LogP contribution in [0.5, 0.6) is 0 Å². The first kappa shape index (κ1) is 13.4. The molecule has 2 aromatic rings. The van der Waals surface area contributed by atoms with E-state index in [1.807, 2.05) is 56.3 Å². The topological polar surface area (TPSA) is 50.4 Å². The fraction of sp³-hybridized carbons (Fsp3) is 0.133. The summed E-state index contributed by atoms with van der Waals surface area (Å²) < 4.78 is 0. The maximum Gasteiger partial charge on any atom is 0.198 e. The van der Waals surface area contributed by atoms with E-state index in [-0.39, 0.29) is 0 Å². The minimum absolute atomic E-state index is 0.347. The van der Waals surface area contributed by atoms with Gasteiger partial charge in [0.1, 0.15) is 0 Å². The summed E-state index contributed by atoms with van der Waals surface area (Å²) in [6.07, 6.45) is 0. The van der Waals surface area contributed by atoms with Crippen molar-refractivity contribution in [1.29, 1.82) is 0 Å². The minimum atomic E-state index is 0.347. The van der Waals surface area contributed by atoms with Crippen molar-refractivity contribution in [2.45, 2.75) is 13.8 Å². The molecule has 0 heterocycles. The van der Waals surface area contributed by atoms with Gasteiger partial charge in [-0.2, -0.15) is 0 Å². The van der Waals surface area contributed by atoms with Crippen LogP contribution in [0.15, 0.2) is 47.5 Å². The molecule has 2 aromatic carbocycles. The summed E-state index contributed by atoms with van der Waals surface area (Å²) in [5.74, 6) is 0.347. The van der Waals surface area contributed by atoms with Gasteiger partial charge in [-0.05, 0) is 43.2 Å². The van der Waals surface area contributed by atoms with E-state index in [9.17, 15) is 0 Å². The molecule has 2 rings (SSSR count). The van der Waals surface area contributed by atoms with E-state index < -0.39 is 0 Å². The Bertz CT molecular complexity index is 621. The lowest BCUT2D eigenvalue weighted by Crippen LogP contribution is -2.22. The van der Waals surface area contributed by atoms with E-state index >= 15 is 0 Å². The van der Waals surface area contributed by atoms with Gasteiger partial charge in [0.25, 0.3) is 0 Å². The Labute approximate surface area is 118 Å². The highest BCUT2D eigenvalue weighted by molar-refractivity contribution is 6.31. The number of halogens is 1. The Morgan fingerprint density at radius 1 is 1.11 bits per heavy atom. The van der Waals surface area contributed by atoms with Crippen molar-refractivity contribution in [2.24, 2.45) is 10.7 Å². The summed E-state index contributed by atoms with van der Waals surface area (Å²) in [7, 11) is 0. The molecule has 4 heteroatoms. The molecule has 0 aromatic heterocycles. The second-order valence-corrected chi connectivity index (χ2v) is 4.80. The lowest BCUT2D eigenvalue weighted by Gasteiger charge is -2.09. The lowest BCUT2D eigenvalue weighted by atomic mass is 10.2. The molecule has 0 spiro atoms. The van der Waals surface area contributed by atoms with Gasteiger partial charge in [0, 0.05) is 10.7 Å². The van der Waals surface area contributed by atoms with E-state index in [0.29, 0.717) is 11.0 Å². The van der Waals surface area contributed by atoms with Crippen LogP contribution in [0.3, 0.4) is 0 Å². The average molecular weight is 274 g/mol. The molecule has 98 valence electrons. The Morgan fingerprint density at radius 3 is 2.58 bits per heavy atom. The number of aryl methyl sites for hydroxylation is 2. The maximum atomic E-state index is 5.97. The van der Waals surface area contributed by atoms with Gasteiger partial charge in [0.05, 0.1) is 5.69 Å². The zero-order valence-corrected chi connectivity index (χ0v) is 11.7. The molecule has 19 heavy (non-hydrogen) atoms. The van der Waals surface area contributed by atoms with Crippen LogP contribution in [0.2, 0.25) is 5.02 Å². The van der Waals surface area contributed by atoms with Gasteiger partial charge >= 0.3 is 0 Å². The van der Waals surface area contributed by atoms with Crippen molar-refractivity contribution >= 4 is 28.9 Å². The number of benzene rings is 2. The fourth-order valence-electron chi connectivity index (χ4n) is 1.71. The highest BCUT2D eigenvalue weighted by atomic mass is 35.5. The van der Waals surface area contributed by atoms with Crippen LogP contribution in [0.25, 0.3) is 0 Å². The molecule has 0 aliphatic heterocycles. The summed E-state index contributed by atoms with van der Waals surface area (Å²) in [5.41, 5.74) is 9.78. The molecule has 0 aliphatic carbocycles. The number of aliphatic imine (C=N–C) groups is 1. The normalized spacial score (nSPS) is 11.4. The Kier molecular flexibility index (Phi) is 4.07. The van der Waals surface area contributed by atoms with Gasteiger partial charge < -0.3 is 11.1 Å². The third kappa shape index (κ3) is 3.48. The molecule has 3 N–H and O–H groups in total. The van der Waals surface area contributed by atoms with Crippen molar-refractivity contribution in [1.82, 2.24) is 0 Å². The third-order valence-corrected chi connectivity index (χ3v) is 3.05. The van der Waals surface area contributed by atoms with Crippen LogP contribution in [0.4, 0.5) is 11.4 Å². The second-order valence-electron chi connectivity index (χ2n) is 4.37.